The third-order valence-corrected chi connectivity index (χ3v) is 3.51. The van der Waals surface area contributed by atoms with Crippen molar-refractivity contribution in [3.05, 3.63) is 16.6 Å². The summed E-state index contributed by atoms with van der Waals surface area (Å²) >= 11 is 1.66. The van der Waals surface area contributed by atoms with E-state index in [9.17, 15) is 4.21 Å². The van der Waals surface area contributed by atoms with Gasteiger partial charge in [0.15, 0.2) is 0 Å². The van der Waals surface area contributed by atoms with Gasteiger partial charge in [0.25, 0.3) is 0 Å². The molecule has 2 unspecified atom stereocenters. The van der Waals surface area contributed by atoms with E-state index in [1.54, 1.807) is 17.6 Å². The summed E-state index contributed by atoms with van der Waals surface area (Å²) in [5, 5.41) is 6.43. The van der Waals surface area contributed by atoms with Crippen molar-refractivity contribution < 1.29 is 4.21 Å². The van der Waals surface area contributed by atoms with E-state index in [-0.39, 0.29) is 0 Å². The molecule has 80 valence electrons. The summed E-state index contributed by atoms with van der Waals surface area (Å²) in [6.07, 6.45) is 4.51. The summed E-state index contributed by atoms with van der Waals surface area (Å²) in [4.78, 5) is 4.18. The third kappa shape index (κ3) is 4.83. The van der Waals surface area contributed by atoms with Gasteiger partial charge in [-0.2, -0.15) is 0 Å². The largest absolute Gasteiger partial charge is 0.308 e. The molecule has 5 heteroatoms. The van der Waals surface area contributed by atoms with Crippen molar-refractivity contribution in [2.75, 3.05) is 12.0 Å². The Bertz CT molecular complexity index is 274. The minimum Gasteiger partial charge on any atom is -0.308 e. The van der Waals surface area contributed by atoms with Crippen LogP contribution in [0.15, 0.2) is 11.6 Å². The van der Waals surface area contributed by atoms with Gasteiger partial charge in [-0.05, 0) is 13.3 Å². The fourth-order valence-corrected chi connectivity index (χ4v) is 2.30. The van der Waals surface area contributed by atoms with Crippen molar-refractivity contribution in [2.45, 2.75) is 25.9 Å². The lowest BCUT2D eigenvalue weighted by Crippen LogP contribution is -2.26. The molecule has 0 aliphatic heterocycles. The number of nitrogens with zero attached hydrogens (tertiary/aromatic N) is 1. The fourth-order valence-electron chi connectivity index (χ4n) is 1.05. The Labute approximate surface area is 91.4 Å². The molecular formula is C9H16N2OS2. The minimum atomic E-state index is -0.679. The summed E-state index contributed by atoms with van der Waals surface area (Å²) in [6.45, 7) is 2.93. The highest BCUT2D eigenvalue weighted by Crippen LogP contribution is 2.04. The minimum absolute atomic E-state index is 0.405. The SMILES string of the molecule is CC(CCS(C)=O)NCc1nccs1. The highest BCUT2D eigenvalue weighted by Gasteiger charge is 2.03. The zero-order valence-corrected chi connectivity index (χ0v) is 10.2. The second-order valence-corrected chi connectivity index (χ2v) is 5.81. The fraction of sp³-hybridized carbons (Fsp3) is 0.667. The predicted molar refractivity (Wildman–Crippen MR) is 62.0 cm³/mol. The van der Waals surface area contributed by atoms with Crippen LogP contribution in [0.4, 0.5) is 0 Å². The van der Waals surface area contributed by atoms with Gasteiger partial charge in [-0.15, -0.1) is 11.3 Å². The third-order valence-electron chi connectivity index (χ3n) is 1.92. The molecule has 2 atom stereocenters. The first-order valence-corrected chi connectivity index (χ1v) is 7.21. The second kappa shape index (κ2) is 6.27. The van der Waals surface area contributed by atoms with Crippen LogP contribution >= 0.6 is 11.3 Å². The Balaban J connectivity index is 2.15. The van der Waals surface area contributed by atoms with Gasteiger partial charge in [0, 0.05) is 47.0 Å². The maximum atomic E-state index is 10.9. The van der Waals surface area contributed by atoms with Crippen LogP contribution in [0.1, 0.15) is 18.4 Å². The Hall–Kier alpha value is -0.260. The Morgan fingerprint density at radius 1 is 1.71 bits per heavy atom. The van der Waals surface area contributed by atoms with Gasteiger partial charge >= 0.3 is 0 Å². The van der Waals surface area contributed by atoms with E-state index in [0.29, 0.717) is 6.04 Å². The van der Waals surface area contributed by atoms with E-state index in [1.165, 1.54) is 0 Å². The smallest absolute Gasteiger partial charge is 0.106 e. The van der Waals surface area contributed by atoms with Gasteiger partial charge in [-0.25, -0.2) is 4.98 Å². The van der Waals surface area contributed by atoms with E-state index < -0.39 is 10.8 Å². The van der Waals surface area contributed by atoms with E-state index in [2.05, 4.69) is 17.2 Å². The van der Waals surface area contributed by atoms with Gasteiger partial charge < -0.3 is 5.32 Å². The van der Waals surface area contributed by atoms with Gasteiger partial charge in [0.1, 0.15) is 5.01 Å². The molecule has 1 aromatic rings. The van der Waals surface area contributed by atoms with E-state index in [4.69, 9.17) is 0 Å². The monoisotopic (exact) mass is 232 g/mol. The zero-order chi connectivity index (χ0) is 10.4. The van der Waals surface area contributed by atoms with Crippen LogP contribution in [0.2, 0.25) is 0 Å². The molecule has 0 saturated carbocycles. The molecule has 0 radical (unpaired) electrons. The van der Waals surface area contributed by atoms with E-state index in [0.717, 1.165) is 23.7 Å². The van der Waals surface area contributed by atoms with Crippen LogP contribution in [0.25, 0.3) is 0 Å². The summed E-state index contributed by atoms with van der Waals surface area (Å²) < 4.78 is 10.9. The van der Waals surface area contributed by atoms with Crippen molar-refractivity contribution in [3.8, 4) is 0 Å². The van der Waals surface area contributed by atoms with Crippen LogP contribution in [-0.2, 0) is 17.3 Å². The molecule has 1 rings (SSSR count). The maximum Gasteiger partial charge on any atom is 0.106 e. The quantitative estimate of drug-likeness (QED) is 0.806. The van der Waals surface area contributed by atoms with Gasteiger partial charge in [-0.1, -0.05) is 0 Å². The standard InChI is InChI=1S/C9H16N2OS2/c1-8(3-6-14(2)12)11-7-9-10-4-5-13-9/h4-5,8,11H,3,6-7H2,1-2H3. The molecule has 0 saturated heterocycles. The average molecular weight is 232 g/mol. The van der Waals surface area contributed by atoms with Gasteiger partial charge in [-0.3, -0.25) is 4.21 Å². The number of hydrogen-bond acceptors (Lipinski definition) is 4. The van der Waals surface area contributed by atoms with Gasteiger partial charge in [0.05, 0.1) is 0 Å². The first kappa shape index (κ1) is 11.8. The Kier molecular flexibility index (Phi) is 5.29. The molecule has 0 fully saturated rings. The number of aromatic nitrogens is 1. The van der Waals surface area contributed by atoms with Gasteiger partial charge in [0.2, 0.25) is 0 Å². The molecule has 0 spiro atoms. The molecule has 14 heavy (non-hydrogen) atoms. The lowest BCUT2D eigenvalue weighted by atomic mass is 10.2. The average Bonchev–Trinajstić information content (AvgIpc) is 2.63. The first-order valence-electron chi connectivity index (χ1n) is 4.60. The van der Waals surface area contributed by atoms with Crippen molar-refractivity contribution in [1.82, 2.24) is 10.3 Å². The summed E-state index contributed by atoms with van der Waals surface area (Å²) in [7, 11) is -0.679. The van der Waals surface area contributed by atoms with Crippen LogP contribution in [0.5, 0.6) is 0 Å². The highest BCUT2D eigenvalue weighted by atomic mass is 32.2. The molecule has 1 N–H and O–H groups in total. The molecular weight excluding hydrogens is 216 g/mol. The molecule has 0 amide bonds. The zero-order valence-electron chi connectivity index (χ0n) is 8.53. The number of rotatable bonds is 6. The number of thiazole rings is 1. The summed E-state index contributed by atoms with van der Waals surface area (Å²) in [5.41, 5.74) is 0. The molecule has 0 aliphatic carbocycles. The normalized spacial score (nSPS) is 15.3. The summed E-state index contributed by atoms with van der Waals surface area (Å²) in [5.74, 6) is 0.770. The second-order valence-electron chi connectivity index (χ2n) is 3.27. The van der Waals surface area contributed by atoms with Crippen LogP contribution in [-0.4, -0.2) is 27.2 Å². The van der Waals surface area contributed by atoms with Crippen LogP contribution in [0.3, 0.4) is 0 Å². The lowest BCUT2D eigenvalue weighted by Gasteiger charge is -2.11. The Morgan fingerprint density at radius 2 is 2.50 bits per heavy atom. The molecule has 0 aliphatic rings. The van der Waals surface area contributed by atoms with Crippen molar-refractivity contribution >= 4 is 22.1 Å². The van der Waals surface area contributed by atoms with Crippen LogP contribution < -0.4 is 5.32 Å². The van der Waals surface area contributed by atoms with Crippen LogP contribution in [0, 0.1) is 0 Å². The number of nitrogens with one attached hydrogen (secondary N) is 1. The number of hydrogen-bond donors (Lipinski definition) is 1. The topological polar surface area (TPSA) is 42.0 Å². The van der Waals surface area contributed by atoms with E-state index in [1.807, 2.05) is 11.6 Å². The highest BCUT2D eigenvalue weighted by molar-refractivity contribution is 7.84. The van der Waals surface area contributed by atoms with E-state index >= 15 is 0 Å². The molecule has 0 bridgehead atoms. The molecule has 1 heterocycles. The lowest BCUT2D eigenvalue weighted by molar-refractivity contribution is 0.534. The summed E-state index contributed by atoms with van der Waals surface area (Å²) in [6, 6.07) is 0.405. The van der Waals surface area contributed by atoms with Crippen molar-refractivity contribution in [1.29, 1.82) is 0 Å². The molecule has 3 nitrogen and oxygen atoms in total. The molecule has 0 aromatic carbocycles. The molecule has 1 aromatic heterocycles. The predicted octanol–water partition coefficient (Wildman–Crippen LogP) is 1.39. The van der Waals surface area contributed by atoms with Crippen molar-refractivity contribution in [2.24, 2.45) is 0 Å². The van der Waals surface area contributed by atoms with Crippen molar-refractivity contribution in [3.63, 3.8) is 0 Å². The first-order chi connectivity index (χ1) is 6.68. The Morgan fingerprint density at radius 3 is 3.07 bits per heavy atom. The maximum absolute atomic E-state index is 10.9.